The molecule has 3 heterocycles. The fourth-order valence-electron chi connectivity index (χ4n) is 7.92. The minimum Gasteiger partial charge on any atom is -0.456 e. The monoisotopic (exact) mass is 716 g/mol. The summed E-state index contributed by atoms with van der Waals surface area (Å²) in [5.74, 6) is 1.85. The predicted molar refractivity (Wildman–Crippen MR) is 229 cm³/mol. The van der Waals surface area contributed by atoms with Crippen LogP contribution < -0.4 is 0 Å². The van der Waals surface area contributed by atoms with Crippen LogP contribution in [0, 0.1) is 0 Å². The molecule has 0 saturated carbocycles. The van der Waals surface area contributed by atoms with Gasteiger partial charge in [-0.15, -0.1) is 0 Å². The highest BCUT2D eigenvalue weighted by atomic mass is 16.3. The lowest BCUT2D eigenvalue weighted by Gasteiger charge is -2.10. The van der Waals surface area contributed by atoms with Gasteiger partial charge in [-0.3, -0.25) is 0 Å². The summed E-state index contributed by atoms with van der Waals surface area (Å²) in [7, 11) is 0. The largest absolute Gasteiger partial charge is 0.456 e. The van der Waals surface area contributed by atoms with E-state index in [1.165, 1.54) is 21.8 Å². The average molecular weight is 717 g/mol. The molecule has 56 heavy (non-hydrogen) atoms. The molecule has 8 aromatic carbocycles. The quantitative estimate of drug-likeness (QED) is 0.172. The van der Waals surface area contributed by atoms with Gasteiger partial charge in [0, 0.05) is 43.9 Å². The summed E-state index contributed by atoms with van der Waals surface area (Å²) < 4.78 is 8.74. The first kappa shape index (κ1) is 31.9. The molecule has 0 aliphatic heterocycles. The Morgan fingerprint density at radius 2 is 0.768 bits per heavy atom. The Labute approximate surface area is 322 Å². The minimum atomic E-state index is 0.603. The zero-order valence-corrected chi connectivity index (χ0v) is 30.2. The zero-order chi connectivity index (χ0) is 37.0. The van der Waals surface area contributed by atoms with E-state index in [0.29, 0.717) is 17.5 Å². The van der Waals surface area contributed by atoms with Crippen molar-refractivity contribution in [3.8, 4) is 62.1 Å². The summed E-state index contributed by atoms with van der Waals surface area (Å²) in [5, 5.41) is 4.50. The molecular weight excluding hydrogens is 685 g/mol. The van der Waals surface area contributed by atoms with Crippen molar-refractivity contribution in [2.45, 2.75) is 0 Å². The Bertz CT molecular complexity index is 3240. The van der Waals surface area contributed by atoms with Gasteiger partial charge in [0.2, 0.25) is 0 Å². The fraction of sp³-hybridized carbons (Fsp3) is 0. The third-order valence-corrected chi connectivity index (χ3v) is 10.6. The summed E-state index contributed by atoms with van der Waals surface area (Å²) in [4.78, 5) is 15.1. The lowest BCUT2D eigenvalue weighted by atomic mass is 10.00. The molecule has 0 fully saturated rings. The minimum absolute atomic E-state index is 0.603. The number of benzene rings is 8. The number of fused-ring (bicyclic) bond motifs is 6. The van der Waals surface area contributed by atoms with Crippen LogP contribution in [-0.4, -0.2) is 19.5 Å². The summed E-state index contributed by atoms with van der Waals surface area (Å²) >= 11 is 0. The molecule has 0 bridgehead atoms. The maximum absolute atomic E-state index is 6.40. The molecule has 0 aliphatic rings. The number of furan rings is 1. The van der Waals surface area contributed by atoms with Crippen molar-refractivity contribution in [3.05, 3.63) is 194 Å². The predicted octanol–water partition coefficient (Wildman–Crippen LogP) is 13.2. The summed E-state index contributed by atoms with van der Waals surface area (Å²) in [5.41, 5.74) is 12.4. The normalized spacial score (nSPS) is 11.6. The van der Waals surface area contributed by atoms with Crippen LogP contribution in [0.15, 0.2) is 199 Å². The lowest BCUT2D eigenvalue weighted by Crippen LogP contribution is -2.00. The first-order valence-electron chi connectivity index (χ1n) is 18.8. The van der Waals surface area contributed by atoms with Crippen LogP contribution in [0.5, 0.6) is 0 Å². The van der Waals surface area contributed by atoms with Crippen LogP contribution >= 0.6 is 0 Å². The number of rotatable bonds is 6. The molecule has 11 aromatic rings. The second-order valence-electron chi connectivity index (χ2n) is 14.1. The summed E-state index contributed by atoms with van der Waals surface area (Å²) in [6.45, 7) is 0. The van der Waals surface area contributed by atoms with Crippen molar-refractivity contribution >= 4 is 43.7 Å². The van der Waals surface area contributed by atoms with Gasteiger partial charge in [-0.1, -0.05) is 127 Å². The molecule has 5 heteroatoms. The van der Waals surface area contributed by atoms with Crippen LogP contribution in [-0.2, 0) is 0 Å². The topological polar surface area (TPSA) is 56.7 Å². The number of aromatic nitrogens is 4. The standard InChI is InChI=1S/C51H32N4O/c1-4-13-33(14-5-1)35-17-12-18-38(29-35)50-52-49(34-15-6-2-7-16-34)53-51(54-50)39-25-28-48-44(32-39)43-31-37(24-27-47(43)56-48)36-23-26-46-42(30-36)41-21-10-11-22-45(41)55(46)40-19-8-3-9-20-40/h1-32H. The smallest absolute Gasteiger partial charge is 0.164 e. The molecule has 0 spiro atoms. The molecule has 0 N–H and O–H groups in total. The van der Waals surface area contributed by atoms with Gasteiger partial charge in [-0.05, 0) is 89.0 Å². The first-order valence-corrected chi connectivity index (χ1v) is 18.8. The van der Waals surface area contributed by atoms with E-state index in [2.05, 4.69) is 150 Å². The summed E-state index contributed by atoms with van der Waals surface area (Å²) in [6, 6.07) is 67.5. The van der Waals surface area contributed by atoms with E-state index in [4.69, 9.17) is 19.4 Å². The summed E-state index contributed by atoms with van der Waals surface area (Å²) in [6.07, 6.45) is 0. The molecule has 0 amide bonds. The molecular formula is C51H32N4O. The van der Waals surface area contributed by atoms with Crippen molar-refractivity contribution in [1.29, 1.82) is 0 Å². The van der Waals surface area contributed by atoms with Crippen LogP contribution in [0.25, 0.3) is 106 Å². The van der Waals surface area contributed by atoms with Gasteiger partial charge in [-0.2, -0.15) is 0 Å². The van der Waals surface area contributed by atoms with Crippen LogP contribution in [0.1, 0.15) is 0 Å². The highest BCUT2D eigenvalue weighted by Gasteiger charge is 2.17. The number of hydrogen-bond donors (Lipinski definition) is 0. The van der Waals surface area contributed by atoms with E-state index in [1.807, 2.05) is 48.5 Å². The van der Waals surface area contributed by atoms with Crippen LogP contribution in [0.4, 0.5) is 0 Å². The van der Waals surface area contributed by atoms with Gasteiger partial charge < -0.3 is 8.98 Å². The van der Waals surface area contributed by atoms with Crippen molar-refractivity contribution in [2.75, 3.05) is 0 Å². The molecule has 0 atom stereocenters. The molecule has 0 radical (unpaired) electrons. The van der Waals surface area contributed by atoms with E-state index in [1.54, 1.807) is 0 Å². The zero-order valence-electron chi connectivity index (χ0n) is 30.2. The first-order chi connectivity index (χ1) is 27.7. The third kappa shape index (κ3) is 5.45. The Balaban J connectivity index is 1.04. The third-order valence-electron chi connectivity index (χ3n) is 10.6. The van der Waals surface area contributed by atoms with Gasteiger partial charge in [-0.25, -0.2) is 15.0 Å². The lowest BCUT2D eigenvalue weighted by molar-refractivity contribution is 0.669. The second-order valence-corrected chi connectivity index (χ2v) is 14.1. The highest BCUT2D eigenvalue weighted by Crippen LogP contribution is 2.38. The van der Waals surface area contributed by atoms with Gasteiger partial charge in [0.25, 0.3) is 0 Å². The molecule has 0 unspecified atom stereocenters. The average Bonchev–Trinajstić information content (AvgIpc) is 3.82. The Morgan fingerprint density at radius 3 is 1.48 bits per heavy atom. The van der Waals surface area contributed by atoms with Crippen LogP contribution in [0.2, 0.25) is 0 Å². The van der Waals surface area contributed by atoms with Gasteiger partial charge in [0.1, 0.15) is 11.2 Å². The maximum atomic E-state index is 6.40. The van der Waals surface area contributed by atoms with Crippen molar-refractivity contribution in [1.82, 2.24) is 19.5 Å². The number of para-hydroxylation sites is 2. The highest BCUT2D eigenvalue weighted by molar-refractivity contribution is 6.11. The molecule has 11 rings (SSSR count). The van der Waals surface area contributed by atoms with E-state index >= 15 is 0 Å². The Morgan fingerprint density at radius 1 is 0.304 bits per heavy atom. The second kappa shape index (κ2) is 13.0. The molecule has 262 valence electrons. The maximum Gasteiger partial charge on any atom is 0.164 e. The number of nitrogens with zero attached hydrogens (tertiary/aromatic N) is 4. The number of hydrogen-bond acceptors (Lipinski definition) is 4. The van der Waals surface area contributed by atoms with Crippen molar-refractivity contribution < 1.29 is 4.42 Å². The molecule has 0 saturated heterocycles. The van der Waals surface area contributed by atoms with E-state index in [-0.39, 0.29) is 0 Å². The van der Waals surface area contributed by atoms with E-state index in [0.717, 1.165) is 66.6 Å². The molecule has 5 nitrogen and oxygen atoms in total. The van der Waals surface area contributed by atoms with Crippen LogP contribution in [0.3, 0.4) is 0 Å². The molecule has 0 aliphatic carbocycles. The van der Waals surface area contributed by atoms with E-state index in [9.17, 15) is 0 Å². The van der Waals surface area contributed by atoms with Gasteiger partial charge in [0.15, 0.2) is 17.5 Å². The van der Waals surface area contributed by atoms with Gasteiger partial charge >= 0.3 is 0 Å². The van der Waals surface area contributed by atoms with Gasteiger partial charge in [0.05, 0.1) is 11.0 Å². The van der Waals surface area contributed by atoms with Crippen molar-refractivity contribution in [2.24, 2.45) is 0 Å². The fourth-order valence-corrected chi connectivity index (χ4v) is 7.92. The Kier molecular flexibility index (Phi) is 7.42. The molecule has 3 aromatic heterocycles. The van der Waals surface area contributed by atoms with E-state index < -0.39 is 0 Å². The SMILES string of the molecule is c1ccc(-c2cccc(-c3nc(-c4ccccc4)nc(-c4ccc5oc6ccc(-c7ccc8c(c7)c7ccccc7n8-c7ccccc7)cc6c5c4)n3)c2)cc1. The van der Waals surface area contributed by atoms with Crippen molar-refractivity contribution in [3.63, 3.8) is 0 Å². The Hall–Kier alpha value is -7.63.